The summed E-state index contributed by atoms with van der Waals surface area (Å²) >= 11 is 0. The third kappa shape index (κ3) is 3.05. The monoisotopic (exact) mass is 198 g/mol. The summed E-state index contributed by atoms with van der Waals surface area (Å²) in [5.74, 6) is 0.945. The molecule has 1 aliphatic heterocycles. The molecule has 80 valence electrons. The van der Waals surface area contributed by atoms with E-state index in [0.29, 0.717) is 12.5 Å². The lowest BCUT2D eigenvalue weighted by molar-refractivity contribution is -0.137. The molecule has 0 radical (unpaired) electrons. The molecule has 0 spiro atoms. The Labute approximate surface area is 85.1 Å². The van der Waals surface area contributed by atoms with Crippen molar-refractivity contribution in [1.29, 1.82) is 0 Å². The van der Waals surface area contributed by atoms with Crippen LogP contribution in [0.3, 0.4) is 0 Å². The van der Waals surface area contributed by atoms with Crippen molar-refractivity contribution >= 4 is 5.97 Å². The molecule has 0 amide bonds. The number of hydrogen-bond acceptors (Lipinski definition) is 3. The second kappa shape index (κ2) is 5.68. The largest absolute Gasteiger partial charge is 0.497 e. The molecule has 1 aliphatic rings. The van der Waals surface area contributed by atoms with Gasteiger partial charge in [0.25, 0.3) is 0 Å². The van der Waals surface area contributed by atoms with Gasteiger partial charge in [-0.25, -0.2) is 4.79 Å². The Kier molecular flexibility index (Phi) is 4.50. The summed E-state index contributed by atoms with van der Waals surface area (Å²) in [6.07, 6.45) is 4.73. The van der Waals surface area contributed by atoms with Gasteiger partial charge in [-0.2, -0.15) is 0 Å². The maximum Gasteiger partial charge on any atom is 0.334 e. The number of allylic oxidation sites excluding steroid dienone is 1. The minimum Gasteiger partial charge on any atom is -0.497 e. The molecular weight excluding hydrogens is 180 g/mol. The van der Waals surface area contributed by atoms with E-state index < -0.39 is 0 Å². The second-order valence-electron chi connectivity index (χ2n) is 3.42. The Morgan fingerprint density at radius 3 is 3.07 bits per heavy atom. The number of esters is 1. The van der Waals surface area contributed by atoms with Crippen LogP contribution in [-0.2, 0) is 14.3 Å². The molecule has 1 unspecified atom stereocenters. The second-order valence-corrected chi connectivity index (χ2v) is 3.42. The maximum atomic E-state index is 11.2. The molecule has 1 saturated heterocycles. The first-order valence-electron chi connectivity index (χ1n) is 5.29. The van der Waals surface area contributed by atoms with Crippen molar-refractivity contribution < 1.29 is 14.3 Å². The van der Waals surface area contributed by atoms with Crippen molar-refractivity contribution in [1.82, 2.24) is 0 Å². The Bertz CT molecular complexity index is 221. The highest BCUT2D eigenvalue weighted by molar-refractivity contribution is 5.82. The Morgan fingerprint density at radius 2 is 2.43 bits per heavy atom. The van der Waals surface area contributed by atoms with Crippen LogP contribution in [-0.4, -0.2) is 19.2 Å². The minimum atomic E-state index is -0.287. The van der Waals surface area contributed by atoms with E-state index >= 15 is 0 Å². The Balaban J connectivity index is 2.52. The van der Waals surface area contributed by atoms with Gasteiger partial charge < -0.3 is 9.47 Å². The normalized spacial score (nSPS) is 23.6. The van der Waals surface area contributed by atoms with Gasteiger partial charge in [0.05, 0.1) is 19.3 Å². The fourth-order valence-electron chi connectivity index (χ4n) is 1.67. The first-order chi connectivity index (χ1) is 6.77. The summed E-state index contributed by atoms with van der Waals surface area (Å²) in [5.41, 5.74) is 0. The lowest BCUT2D eigenvalue weighted by atomic mass is 10.00. The molecule has 0 aromatic heterocycles. The van der Waals surface area contributed by atoms with Gasteiger partial charge in [0.2, 0.25) is 0 Å². The Hall–Kier alpha value is -0.990. The highest BCUT2D eigenvalue weighted by atomic mass is 16.5. The lowest BCUT2D eigenvalue weighted by Crippen LogP contribution is -2.04. The molecule has 0 aromatic carbocycles. The summed E-state index contributed by atoms with van der Waals surface area (Å²) in [6.45, 7) is 5.09. The van der Waals surface area contributed by atoms with Crippen molar-refractivity contribution in [2.75, 3.05) is 13.2 Å². The number of carbonyl (C=O) groups excluding carboxylic acids is 1. The summed E-state index contributed by atoms with van der Waals surface area (Å²) < 4.78 is 10.2. The minimum absolute atomic E-state index is 0.287. The fraction of sp³-hybridized carbons (Fsp3) is 0.727. The molecular formula is C11H18O3. The predicted molar refractivity (Wildman–Crippen MR) is 53.7 cm³/mol. The maximum absolute atomic E-state index is 11.2. The molecule has 0 saturated carbocycles. The van der Waals surface area contributed by atoms with Crippen LogP contribution < -0.4 is 0 Å². The van der Waals surface area contributed by atoms with Crippen LogP contribution in [0.1, 0.15) is 33.1 Å². The average molecular weight is 198 g/mol. The molecule has 3 nitrogen and oxygen atoms in total. The van der Waals surface area contributed by atoms with E-state index in [0.717, 1.165) is 31.6 Å². The van der Waals surface area contributed by atoms with Crippen molar-refractivity contribution in [2.45, 2.75) is 33.1 Å². The number of hydrogen-bond donors (Lipinski definition) is 0. The molecule has 1 fully saturated rings. The Morgan fingerprint density at radius 1 is 1.64 bits per heavy atom. The summed E-state index contributed by atoms with van der Waals surface area (Å²) in [6, 6.07) is 0. The quantitative estimate of drug-likeness (QED) is 0.513. The van der Waals surface area contributed by atoms with E-state index in [1.807, 2.05) is 0 Å². The highest BCUT2D eigenvalue weighted by Crippen LogP contribution is 2.28. The third-order valence-electron chi connectivity index (χ3n) is 2.32. The van der Waals surface area contributed by atoms with Crippen LogP contribution in [0.2, 0.25) is 0 Å². The van der Waals surface area contributed by atoms with Gasteiger partial charge >= 0.3 is 5.97 Å². The molecule has 0 bridgehead atoms. The van der Waals surface area contributed by atoms with Gasteiger partial charge in [0.15, 0.2) is 0 Å². The highest BCUT2D eigenvalue weighted by Gasteiger charge is 2.22. The van der Waals surface area contributed by atoms with Gasteiger partial charge in [-0.3, -0.25) is 0 Å². The molecule has 3 heteroatoms. The van der Waals surface area contributed by atoms with E-state index in [1.165, 1.54) is 6.08 Å². The van der Waals surface area contributed by atoms with Crippen LogP contribution in [0, 0.1) is 5.92 Å². The fourth-order valence-corrected chi connectivity index (χ4v) is 1.67. The predicted octanol–water partition coefficient (Wildman–Crippen LogP) is 2.27. The molecule has 1 atom stereocenters. The van der Waals surface area contributed by atoms with E-state index in [9.17, 15) is 4.79 Å². The van der Waals surface area contributed by atoms with Gasteiger partial charge in [0.1, 0.15) is 5.76 Å². The standard InChI is InChI=1S/C11H18O3/c1-3-5-9-6-7-14-10(9)8-11(12)13-4-2/h8-9H,3-7H2,1-2H3/b10-8+. The third-order valence-corrected chi connectivity index (χ3v) is 2.32. The number of ether oxygens (including phenoxy) is 2. The zero-order valence-electron chi connectivity index (χ0n) is 8.91. The summed E-state index contributed by atoms with van der Waals surface area (Å²) in [7, 11) is 0. The molecule has 0 aliphatic carbocycles. The SMILES string of the molecule is CCCC1CCO/C1=C/C(=O)OCC. The van der Waals surface area contributed by atoms with Crippen LogP contribution in [0.15, 0.2) is 11.8 Å². The molecule has 0 N–H and O–H groups in total. The van der Waals surface area contributed by atoms with Crippen molar-refractivity contribution in [3.8, 4) is 0 Å². The molecule has 14 heavy (non-hydrogen) atoms. The van der Waals surface area contributed by atoms with Crippen LogP contribution >= 0.6 is 0 Å². The van der Waals surface area contributed by atoms with Crippen LogP contribution in [0.5, 0.6) is 0 Å². The van der Waals surface area contributed by atoms with Gasteiger partial charge in [-0.05, 0) is 19.8 Å². The average Bonchev–Trinajstić information content (AvgIpc) is 2.54. The zero-order valence-corrected chi connectivity index (χ0v) is 8.91. The smallest absolute Gasteiger partial charge is 0.334 e. The molecule has 1 heterocycles. The van der Waals surface area contributed by atoms with E-state index in [2.05, 4.69) is 6.92 Å². The van der Waals surface area contributed by atoms with E-state index in [1.54, 1.807) is 6.92 Å². The number of rotatable bonds is 4. The first-order valence-corrected chi connectivity index (χ1v) is 5.29. The van der Waals surface area contributed by atoms with Crippen molar-refractivity contribution in [2.24, 2.45) is 5.92 Å². The van der Waals surface area contributed by atoms with Crippen molar-refractivity contribution in [3.63, 3.8) is 0 Å². The molecule has 0 aromatic rings. The van der Waals surface area contributed by atoms with E-state index in [4.69, 9.17) is 9.47 Å². The van der Waals surface area contributed by atoms with Crippen molar-refractivity contribution in [3.05, 3.63) is 11.8 Å². The summed E-state index contributed by atoms with van der Waals surface area (Å²) in [5, 5.41) is 0. The van der Waals surface area contributed by atoms with Gasteiger partial charge in [0, 0.05) is 5.92 Å². The first kappa shape index (κ1) is 11.1. The topological polar surface area (TPSA) is 35.5 Å². The van der Waals surface area contributed by atoms with Gasteiger partial charge in [-0.15, -0.1) is 0 Å². The van der Waals surface area contributed by atoms with Crippen LogP contribution in [0.25, 0.3) is 0 Å². The number of carbonyl (C=O) groups is 1. The van der Waals surface area contributed by atoms with Gasteiger partial charge in [-0.1, -0.05) is 13.3 Å². The summed E-state index contributed by atoms with van der Waals surface area (Å²) in [4.78, 5) is 11.2. The zero-order chi connectivity index (χ0) is 10.4. The van der Waals surface area contributed by atoms with E-state index in [-0.39, 0.29) is 5.97 Å². The lowest BCUT2D eigenvalue weighted by Gasteiger charge is -2.07. The van der Waals surface area contributed by atoms with Crippen LogP contribution in [0.4, 0.5) is 0 Å². The molecule has 1 rings (SSSR count).